The number of hydrogen-bond acceptors (Lipinski definition) is 3. The highest BCUT2D eigenvalue weighted by atomic mass is 32.2. The van der Waals surface area contributed by atoms with Crippen LogP contribution in [0.1, 0.15) is 51.4 Å². The number of aliphatic hydroxyl groups is 1. The first-order valence-corrected chi connectivity index (χ1v) is 8.05. The van der Waals surface area contributed by atoms with Gasteiger partial charge in [-0.3, -0.25) is 0 Å². The van der Waals surface area contributed by atoms with Gasteiger partial charge in [0, 0.05) is 17.3 Å². The molecule has 3 heteroatoms. The Kier molecular flexibility index (Phi) is 4.98. The third-order valence-electron chi connectivity index (χ3n) is 4.14. The Morgan fingerprint density at radius 2 is 1.88 bits per heavy atom. The second-order valence-electron chi connectivity index (χ2n) is 5.35. The van der Waals surface area contributed by atoms with Gasteiger partial charge in [0.25, 0.3) is 0 Å². The van der Waals surface area contributed by atoms with Crippen LogP contribution in [0.15, 0.2) is 0 Å². The normalized spacial score (nSPS) is 40.9. The fraction of sp³-hybridized carbons (Fsp3) is 1.00. The summed E-state index contributed by atoms with van der Waals surface area (Å²) in [6.07, 6.45) is 12.1. The van der Waals surface area contributed by atoms with Crippen molar-refractivity contribution >= 4 is 11.8 Å². The zero-order valence-corrected chi connectivity index (χ0v) is 11.1. The SMILES string of the molecule is CSC1CCCC(N[C@H]2CCCC[C@@H]2O)C1. The summed E-state index contributed by atoms with van der Waals surface area (Å²) in [5.41, 5.74) is 0. The van der Waals surface area contributed by atoms with Crippen molar-refractivity contribution in [2.45, 2.75) is 74.8 Å². The smallest absolute Gasteiger partial charge is 0.0693 e. The Labute approximate surface area is 104 Å². The lowest BCUT2D eigenvalue weighted by atomic mass is 9.89. The summed E-state index contributed by atoms with van der Waals surface area (Å²) in [4.78, 5) is 0. The molecule has 0 amide bonds. The number of hydrogen-bond donors (Lipinski definition) is 2. The quantitative estimate of drug-likeness (QED) is 0.799. The molecule has 2 saturated carbocycles. The van der Waals surface area contributed by atoms with Gasteiger partial charge in [-0.25, -0.2) is 0 Å². The number of nitrogens with one attached hydrogen (secondary N) is 1. The molecule has 0 aromatic rings. The molecule has 2 aliphatic rings. The lowest BCUT2D eigenvalue weighted by Gasteiger charge is -2.35. The molecule has 16 heavy (non-hydrogen) atoms. The first-order valence-electron chi connectivity index (χ1n) is 6.76. The van der Waals surface area contributed by atoms with Crippen LogP contribution in [-0.2, 0) is 0 Å². The molecule has 0 aromatic carbocycles. The molecule has 2 fully saturated rings. The van der Waals surface area contributed by atoms with Gasteiger partial charge >= 0.3 is 0 Å². The zero-order chi connectivity index (χ0) is 11.4. The van der Waals surface area contributed by atoms with E-state index < -0.39 is 0 Å². The Morgan fingerprint density at radius 3 is 2.62 bits per heavy atom. The van der Waals surface area contributed by atoms with Crippen LogP contribution in [0.3, 0.4) is 0 Å². The van der Waals surface area contributed by atoms with Gasteiger partial charge in [0.15, 0.2) is 0 Å². The van der Waals surface area contributed by atoms with Gasteiger partial charge in [-0.05, 0) is 38.4 Å². The predicted octanol–water partition coefficient (Wildman–Crippen LogP) is 2.55. The Bertz CT molecular complexity index is 212. The molecule has 2 N–H and O–H groups in total. The second-order valence-corrected chi connectivity index (χ2v) is 6.48. The Morgan fingerprint density at radius 1 is 1.06 bits per heavy atom. The zero-order valence-electron chi connectivity index (χ0n) is 10.3. The average molecular weight is 243 g/mol. The minimum atomic E-state index is -0.0941. The van der Waals surface area contributed by atoms with E-state index in [1.165, 1.54) is 44.9 Å². The summed E-state index contributed by atoms with van der Waals surface area (Å²) in [6.45, 7) is 0. The minimum absolute atomic E-state index is 0.0941. The van der Waals surface area contributed by atoms with Crippen LogP contribution in [0.5, 0.6) is 0 Å². The molecule has 0 saturated heterocycles. The molecule has 0 bridgehead atoms. The molecule has 2 unspecified atom stereocenters. The average Bonchev–Trinajstić information content (AvgIpc) is 2.32. The Hall–Kier alpha value is 0.270. The lowest BCUT2D eigenvalue weighted by molar-refractivity contribution is 0.0818. The van der Waals surface area contributed by atoms with Crippen LogP contribution >= 0.6 is 11.8 Å². The van der Waals surface area contributed by atoms with E-state index in [4.69, 9.17) is 0 Å². The molecule has 0 heterocycles. The first kappa shape index (κ1) is 12.7. The molecule has 2 aliphatic carbocycles. The van der Waals surface area contributed by atoms with Gasteiger partial charge in [0.1, 0.15) is 0 Å². The molecule has 2 nitrogen and oxygen atoms in total. The predicted molar refractivity (Wildman–Crippen MR) is 71.0 cm³/mol. The number of aliphatic hydroxyl groups excluding tert-OH is 1. The second kappa shape index (κ2) is 6.27. The van der Waals surface area contributed by atoms with E-state index in [-0.39, 0.29) is 6.10 Å². The molecule has 4 atom stereocenters. The molecule has 0 spiro atoms. The monoisotopic (exact) mass is 243 g/mol. The highest BCUT2D eigenvalue weighted by Gasteiger charge is 2.28. The molecule has 0 aliphatic heterocycles. The maximum absolute atomic E-state index is 9.95. The third kappa shape index (κ3) is 3.38. The van der Waals surface area contributed by atoms with Gasteiger partial charge in [-0.1, -0.05) is 19.3 Å². The largest absolute Gasteiger partial charge is 0.392 e. The fourth-order valence-corrected chi connectivity index (χ4v) is 3.95. The maximum atomic E-state index is 9.95. The van der Waals surface area contributed by atoms with Crippen molar-refractivity contribution < 1.29 is 5.11 Å². The highest BCUT2D eigenvalue weighted by molar-refractivity contribution is 7.99. The van der Waals surface area contributed by atoms with E-state index in [0.29, 0.717) is 12.1 Å². The van der Waals surface area contributed by atoms with Crippen molar-refractivity contribution in [1.82, 2.24) is 5.32 Å². The third-order valence-corrected chi connectivity index (χ3v) is 5.23. The van der Waals surface area contributed by atoms with Crippen molar-refractivity contribution in [2.24, 2.45) is 0 Å². The van der Waals surface area contributed by atoms with Crippen LogP contribution in [0.2, 0.25) is 0 Å². The van der Waals surface area contributed by atoms with Crippen LogP contribution in [-0.4, -0.2) is 34.8 Å². The molecular formula is C13H25NOS. The van der Waals surface area contributed by atoms with Crippen molar-refractivity contribution in [2.75, 3.05) is 6.26 Å². The molecule has 0 aromatic heterocycles. The molecular weight excluding hydrogens is 218 g/mol. The Balaban J connectivity index is 1.79. The molecule has 2 rings (SSSR count). The van der Waals surface area contributed by atoms with Crippen LogP contribution in [0.4, 0.5) is 0 Å². The van der Waals surface area contributed by atoms with E-state index in [1.54, 1.807) is 0 Å². The van der Waals surface area contributed by atoms with E-state index >= 15 is 0 Å². The molecule has 0 radical (unpaired) electrons. The van der Waals surface area contributed by atoms with Crippen molar-refractivity contribution in [3.8, 4) is 0 Å². The van der Waals surface area contributed by atoms with Crippen LogP contribution < -0.4 is 5.32 Å². The van der Waals surface area contributed by atoms with E-state index in [9.17, 15) is 5.11 Å². The van der Waals surface area contributed by atoms with E-state index in [1.807, 2.05) is 11.8 Å². The standard InChI is InChI=1S/C13H25NOS/c1-16-11-6-4-5-10(9-11)14-12-7-2-3-8-13(12)15/h10-15H,2-9H2,1H3/t10?,11?,12-,13-/m0/s1. The topological polar surface area (TPSA) is 32.3 Å². The van der Waals surface area contributed by atoms with Gasteiger partial charge in [-0.15, -0.1) is 0 Å². The summed E-state index contributed by atoms with van der Waals surface area (Å²) >= 11 is 2.01. The van der Waals surface area contributed by atoms with Crippen molar-refractivity contribution in [3.63, 3.8) is 0 Å². The van der Waals surface area contributed by atoms with Crippen molar-refractivity contribution in [1.29, 1.82) is 0 Å². The maximum Gasteiger partial charge on any atom is 0.0693 e. The summed E-state index contributed by atoms with van der Waals surface area (Å²) in [6, 6.07) is 1.03. The van der Waals surface area contributed by atoms with E-state index in [0.717, 1.165) is 11.7 Å². The highest BCUT2D eigenvalue weighted by Crippen LogP contribution is 2.28. The first-order chi connectivity index (χ1) is 7.79. The summed E-state index contributed by atoms with van der Waals surface area (Å²) in [7, 11) is 0. The van der Waals surface area contributed by atoms with Crippen LogP contribution in [0, 0.1) is 0 Å². The van der Waals surface area contributed by atoms with Gasteiger partial charge in [0.05, 0.1) is 6.10 Å². The summed E-state index contributed by atoms with van der Waals surface area (Å²) < 4.78 is 0. The molecule has 94 valence electrons. The number of rotatable bonds is 3. The fourth-order valence-electron chi connectivity index (χ4n) is 3.12. The van der Waals surface area contributed by atoms with Gasteiger partial charge in [-0.2, -0.15) is 11.8 Å². The van der Waals surface area contributed by atoms with Gasteiger partial charge < -0.3 is 10.4 Å². The van der Waals surface area contributed by atoms with E-state index in [2.05, 4.69) is 11.6 Å². The van der Waals surface area contributed by atoms with Crippen LogP contribution in [0.25, 0.3) is 0 Å². The number of thioether (sulfide) groups is 1. The summed E-state index contributed by atoms with van der Waals surface area (Å²) in [5, 5.41) is 14.5. The summed E-state index contributed by atoms with van der Waals surface area (Å²) in [5.74, 6) is 0. The lowest BCUT2D eigenvalue weighted by Crippen LogP contribution is -2.48. The van der Waals surface area contributed by atoms with Gasteiger partial charge in [0.2, 0.25) is 0 Å². The minimum Gasteiger partial charge on any atom is -0.392 e. The van der Waals surface area contributed by atoms with Crippen molar-refractivity contribution in [3.05, 3.63) is 0 Å².